The van der Waals surface area contributed by atoms with Crippen molar-refractivity contribution in [2.45, 2.75) is 32.8 Å². The number of nitrogens with two attached hydrogens (primary N) is 1. The molecule has 0 aliphatic carbocycles. The number of oxazole rings is 1. The number of hydrogen-bond donors (Lipinski definition) is 4. The topological polar surface area (TPSA) is 104 Å². The van der Waals surface area contributed by atoms with E-state index < -0.39 is 11.4 Å². The first-order chi connectivity index (χ1) is 9.27. The van der Waals surface area contributed by atoms with Gasteiger partial charge in [-0.2, -0.15) is 0 Å². The number of nitrogen functional groups attached to an aromatic ring is 1. The lowest BCUT2D eigenvalue weighted by Gasteiger charge is -2.26. The highest BCUT2D eigenvalue weighted by Crippen LogP contribution is 2.25. The molecule has 1 unspecified atom stereocenters. The van der Waals surface area contributed by atoms with Crippen LogP contribution in [0.1, 0.15) is 27.2 Å². The van der Waals surface area contributed by atoms with Crippen molar-refractivity contribution in [2.75, 3.05) is 17.6 Å². The molecule has 20 heavy (non-hydrogen) atoms. The van der Waals surface area contributed by atoms with E-state index in [0.717, 1.165) is 0 Å². The third kappa shape index (κ3) is 3.33. The SMILES string of the molecule is CC(C)CC(C)(O)CNc1cc2[nH]c(=O)oc2cc1N. The zero-order chi connectivity index (χ0) is 14.9. The van der Waals surface area contributed by atoms with Gasteiger partial charge in [0.2, 0.25) is 0 Å². The quantitative estimate of drug-likeness (QED) is 0.626. The first kappa shape index (κ1) is 14.5. The number of rotatable bonds is 5. The van der Waals surface area contributed by atoms with Gasteiger partial charge < -0.3 is 20.6 Å². The standard InChI is InChI=1S/C14H21N3O3/c1-8(2)6-14(3,19)7-16-10-5-11-12(4-9(10)15)20-13(18)17-11/h4-5,8,16,19H,6-7,15H2,1-3H3,(H,17,18). The number of benzene rings is 1. The molecule has 1 heterocycles. The summed E-state index contributed by atoms with van der Waals surface area (Å²) in [6, 6.07) is 3.30. The largest absolute Gasteiger partial charge is 0.417 e. The number of anilines is 2. The van der Waals surface area contributed by atoms with Crippen LogP contribution in [0, 0.1) is 5.92 Å². The zero-order valence-corrected chi connectivity index (χ0v) is 12.0. The maximum Gasteiger partial charge on any atom is 0.417 e. The third-order valence-corrected chi connectivity index (χ3v) is 3.10. The van der Waals surface area contributed by atoms with Gasteiger partial charge in [0.25, 0.3) is 0 Å². The van der Waals surface area contributed by atoms with Gasteiger partial charge in [0.1, 0.15) is 0 Å². The number of H-pyrrole nitrogens is 1. The Morgan fingerprint density at radius 1 is 1.50 bits per heavy atom. The smallest absolute Gasteiger partial charge is 0.408 e. The third-order valence-electron chi connectivity index (χ3n) is 3.10. The van der Waals surface area contributed by atoms with E-state index in [1.165, 1.54) is 0 Å². The van der Waals surface area contributed by atoms with Gasteiger partial charge in [-0.25, -0.2) is 4.79 Å². The zero-order valence-electron chi connectivity index (χ0n) is 12.0. The molecule has 1 atom stereocenters. The molecule has 0 amide bonds. The van der Waals surface area contributed by atoms with Crippen LogP contribution in [0.25, 0.3) is 11.1 Å². The summed E-state index contributed by atoms with van der Waals surface area (Å²) < 4.78 is 4.93. The fourth-order valence-corrected chi connectivity index (χ4v) is 2.40. The fourth-order valence-electron chi connectivity index (χ4n) is 2.40. The van der Waals surface area contributed by atoms with Gasteiger partial charge in [-0.3, -0.25) is 4.98 Å². The predicted octanol–water partition coefficient (Wildman–Crippen LogP) is 1.91. The molecule has 0 bridgehead atoms. The van der Waals surface area contributed by atoms with Crippen molar-refractivity contribution in [2.24, 2.45) is 5.92 Å². The van der Waals surface area contributed by atoms with Crippen LogP contribution >= 0.6 is 0 Å². The number of aromatic nitrogens is 1. The summed E-state index contributed by atoms with van der Waals surface area (Å²) in [5.74, 6) is -0.111. The van der Waals surface area contributed by atoms with E-state index in [9.17, 15) is 9.90 Å². The van der Waals surface area contributed by atoms with Gasteiger partial charge in [0, 0.05) is 12.6 Å². The maximum atomic E-state index is 11.1. The van der Waals surface area contributed by atoms with Crippen molar-refractivity contribution in [3.05, 3.63) is 22.7 Å². The van der Waals surface area contributed by atoms with E-state index in [2.05, 4.69) is 24.1 Å². The Kier molecular flexibility index (Phi) is 3.76. The van der Waals surface area contributed by atoms with Gasteiger partial charge >= 0.3 is 5.76 Å². The van der Waals surface area contributed by atoms with Crippen LogP contribution in [0.5, 0.6) is 0 Å². The lowest BCUT2D eigenvalue weighted by molar-refractivity contribution is 0.0516. The van der Waals surface area contributed by atoms with Crippen molar-refractivity contribution in [1.82, 2.24) is 4.98 Å². The molecule has 5 N–H and O–H groups in total. The minimum absolute atomic E-state index is 0.378. The predicted molar refractivity (Wildman–Crippen MR) is 79.8 cm³/mol. The Hall–Kier alpha value is -1.95. The van der Waals surface area contributed by atoms with Crippen LogP contribution in [0.2, 0.25) is 0 Å². The second-order valence-corrected chi connectivity index (χ2v) is 5.90. The Labute approximate surface area is 117 Å². The van der Waals surface area contributed by atoms with E-state index >= 15 is 0 Å². The number of hydrogen-bond acceptors (Lipinski definition) is 5. The summed E-state index contributed by atoms with van der Waals surface area (Å²) >= 11 is 0. The lowest BCUT2D eigenvalue weighted by atomic mass is 9.94. The van der Waals surface area contributed by atoms with Gasteiger partial charge in [-0.1, -0.05) is 13.8 Å². The van der Waals surface area contributed by atoms with Crippen LogP contribution in [0.15, 0.2) is 21.3 Å². The molecule has 6 nitrogen and oxygen atoms in total. The Balaban J connectivity index is 2.17. The number of aromatic amines is 1. The van der Waals surface area contributed by atoms with Crippen molar-refractivity contribution < 1.29 is 9.52 Å². The lowest BCUT2D eigenvalue weighted by Crippen LogP contribution is -2.35. The van der Waals surface area contributed by atoms with Crippen LogP contribution in [0.4, 0.5) is 11.4 Å². The second-order valence-electron chi connectivity index (χ2n) is 5.90. The molecule has 2 aromatic rings. The molecule has 1 aromatic carbocycles. The molecule has 0 saturated carbocycles. The van der Waals surface area contributed by atoms with Crippen LogP contribution in [0.3, 0.4) is 0 Å². The van der Waals surface area contributed by atoms with Gasteiger partial charge in [-0.05, 0) is 25.3 Å². The first-order valence-electron chi connectivity index (χ1n) is 6.65. The molecule has 0 radical (unpaired) electrons. The molecule has 0 spiro atoms. The second kappa shape index (κ2) is 5.20. The number of aliphatic hydroxyl groups is 1. The van der Waals surface area contributed by atoms with E-state index in [1.807, 2.05) is 0 Å². The van der Waals surface area contributed by atoms with Crippen molar-refractivity contribution in [3.63, 3.8) is 0 Å². The van der Waals surface area contributed by atoms with Crippen molar-refractivity contribution in [1.29, 1.82) is 0 Å². The summed E-state index contributed by atoms with van der Waals surface area (Å²) in [5.41, 5.74) is 7.23. The van der Waals surface area contributed by atoms with Crippen molar-refractivity contribution >= 4 is 22.5 Å². The highest BCUT2D eigenvalue weighted by Gasteiger charge is 2.22. The average Bonchev–Trinajstić information content (AvgIpc) is 2.63. The summed E-state index contributed by atoms with van der Waals surface area (Å²) in [7, 11) is 0. The van der Waals surface area contributed by atoms with Crippen LogP contribution < -0.4 is 16.8 Å². The van der Waals surface area contributed by atoms with Crippen molar-refractivity contribution in [3.8, 4) is 0 Å². The summed E-state index contributed by atoms with van der Waals surface area (Å²) in [4.78, 5) is 13.7. The molecule has 0 fully saturated rings. The van der Waals surface area contributed by atoms with Crippen LogP contribution in [-0.4, -0.2) is 22.2 Å². The molecule has 110 valence electrons. The molecular formula is C14H21N3O3. The highest BCUT2D eigenvalue weighted by atomic mass is 16.4. The fraction of sp³-hybridized carbons (Fsp3) is 0.500. The summed E-state index contributed by atoms with van der Waals surface area (Å²) in [6.45, 7) is 6.29. The molecule has 0 saturated heterocycles. The molecule has 6 heteroatoms. The van der Waals surface area contributed by atoms with Gasteiger partial charge in [0.05, 0.1) is 22.5 Å². The average molecular weight is 279 g/mol. The molecule has 1 aromatic heterocycles. The Bertz CT molecular complexity index is 655. The van der Waals surface area contributed by atoms with Gasteiger partial charge in [0.15, 0.2) is 5.58 Å². The molecule has 2 rings (SSSR count). The van der Waals surface area contributed by atoms with E-state index in [4.69, 9.17) is 10.2 Å². The van der Waals surface area contributed by atoms with Crippen LogP contribution in [-0.2, 0) is 0 Å². The van der Waals surface area contributed by atoms with E-state index in [-0.39, 0.29) is 0 Å². The van der Waals surface area contributed by atoms with Gasteiger partial charge in [-0.15, -0.1) is 0 Å². The van der Waals surface area contributed by atoms with E-state index in [0.29, 0.717) is 41.4 Å². The number of fused-ring (bicyclic) bond motifs is 1. The monoisotopic (exact) mass is 279 g/mol. The maximum absolute atomic E-state index is 11.1. The Morgan fingerprint density at radius 3 is 2.85 bits per heavy atom. The number of nitrogens with one attached hydrogen (secondary N) is 2. The molecule has 0 aliphatic rings. The highest BCUT2D eigenvalue weighted by molar-refractivity contribution is 5.85. The first-order valence-corrected chi connectivity index (χ1v) is 6.65. The van der Waals surface area contributed by atoms with E-state index in [1.54, 1.807) is 19.1 Å². The normalized spacial score (nSPS) is 14.7. The Morgan fingerprint density at radius 2 is 2.20 bits per heavy atom. The molecule has 0 aliphatic heterocycles. The minimum atomic E-state index is -0.820. The summed E-state index contributed by atoms with van der Waals surface area (Å²) in [5, 5.41) is 13.4. The molecular weight excluding hydrogens is 258 g/mol. The summed E-state index contributed by atoms with van der Waals surface area (Å²) in [6.07, 6.45) is 0.685. The minimum Gasteiger partial charge on any atom is -0.408 e.